The first-order chi connectivity index (χ1) is 13.7. The molecule has 28 heavy (non-hydrogen) atoms. The molecule has 0 bridgehead atoms. The molecule has 0 saturated heterocycles. The summed E-state index contributed by atoms with van der Waals surface area (Å²) < 4.78 is 5.18. The number of carbonyl (C=O) groups excluding carboxylic acids is 1. The zero-order valence-corrected chi connectivity index (χ0v) is 17.2. The number of aryl methyl sites for hydroxylation is 1. The zero-order valence-electron chi connectivity index (χ0n) is 16.4. The zero-order chi connectivity index (χ0) is 19.8. The average molecular weight is 395 g/mol. The second-order valence-electron chi connectivity index (χ2n) is 6.66. The molecule has 5 heteroatoms. The van der Waals surface area contributed by atoms with E-state index in [9.17, 15) is 4.79 Å². The van der Waals surface area contributed by atoms with E-state index in [4.69, 9.17) is 4.74 Å². The van der Waals surface area contributed by atoms with Gasteiger partial charge >= 0.3 is 0 Å². The summed E-state index contributed by atoms with van der Waals surface area (Å²) in [6, 6.07) is 18.5. The van der Waals surface area contributed by atoms with Crippen LogP contribution in [0, 0.1) is 0 Å². The largest absolute Gasteiger partial charge is 0.383 e. The highest BCUT2D eigenvalue weighted by atomic mass is 32.1. The molecule has 1 amide bonds. The van der Waals surface area contributed by atoms with E-state index >= 15 is 0 Å². The Labute approximate surface area is 170 Å². The second-order valence-corrected chi connectivity index (χ2v) is 7.52. The Balaban J connectivity index is 1.67. The number of rotatable bonds is 9. The lowest BCUT2D eigenvalue weighted by Gasteiger charge is -2.22. The molecule has 0 fully saturated rings. The third kappa shape index (κ3) is 5.50. The lowest BCUT2D eigenvalue weighted by molar-refractivity contribution is -0.131. The number of thiazole rings is 1. The lowest BCUT2D eigenvalue weighted by atomic mass is 10.1. The number of hydrogen-bond acceptors (Lipinski definition) is 4. The van der Waals surface area contributed by atoms with E-state index in [0.29, 0.717) is 26.1 Å². The third-order valence-corrected chi connectivity index (χ3v) is 5.57. The monoisotopic (exact) mass is 394 g/mol. The van der Waals surface area contributed by atoms with Crippen LogP contribution >= 0.6 is 11.3 Å². The molecule has 0 atom stereocenters. The van der Waals surface area contributed by atoms with E-state index in [1.165, 1.54) is 5.56 Å². The van der Waals surface area contributed by atoms with Crippen LogP contribution in [0.15, 0.2) is 60.0 Å². The number of aromatic nitrogens is 1. The molecule has 0 aliphatic heterocycles. The maximum absolute atomic E-state index is 12.9. The Hall–Kier alpha value is -2.50. The number of hydrogen-bond donors (Lipinski definition) is 0. The van der Waals surface area contributed by atoms with Crippen molar-refractivity contribution in [1.29, 1.82) is 0 Å². The van der Waals surface area contributed by atoms with E-state index in [0.717, 1.165) is 28.2 Å². The number of benzene rings is 2. The van der Waals surface area contributed by atoms with E-state index in [-0.39, 0.29) is 5.91 Å². The van der Waals surface area contributed by atoms with Crippen molar-refractivity contribution in [3.05, 3.63) is 76.8 Å². The summed E-state index contributed by atoms with van der Waals surface area (Å²) in [5.74, 6) is 0.0686. The van der Waals surface area contributed by atoms with Crippen molar-refractivity contribution in [2.45, 2.75) is 26.3 Å². The van der Waals surface area contributed by atoms with E-state index < -0.39 is 0 Å². The summed E-state index contributed by atoms with van der Waals surface area (Å²) >= 11 is 1.59. The van der Waals surface area contributed by atoms with Crippen LogP contribution in [-0.4, -0.2) is 36.1 Å². The van der Waals surface area contributed by atoms with Crippen molar-refractivity contribution in [3.63, 3.8) is 0 Å². The molecule has 2 aromatic carbocycles. The summed E-state index contributed by atoms with van der Waals surface area (Å²) in [4.78, 5) is 19.4. The molecule has 3 rings (SSSR count). The molecule has 0 aliphatic rings. The molecule has 0 saturated carbocycles. The van der Waals surface area contributed by atoms with Gasteiger partial charge < -0.3 is 9.64 Å². The first-order valence-corrected chi connectivity index (χ1v) is 10.4. The topological polar surface area (TPSA) is 42.4 Å². The fourth-order valence-corrected chi connectivity index (χ4v) is 3.79. The predicted octanol–water partition coefficient (Wildman–Crippen LogP) is 4.59. The van der Waals surface area contributed by atoms with Crippen molar-refractivity contribution >= 4 is 17.2 Å². The van der Waals surface area contributed by atoms with E-state index in [1.807, 2.05) is 40.6 Å². The van der Waals surface area contributed by atoms with Gasteiger partial charge in [0.2, 0.25) is 5.91 Å². The summed E-state index contributed by atoms with van der Waals surface area (Å²) in [5, 5.41) is 2.94. The highest BCUT2D eigenvalue weighted by molar-refractivity contribution is 7.13. The van der Waals surface area contributed by atoms with Crippen LogP contribution in [0.25, 0.3) is 10.6 Å². The number of nitrogens with zero attached hydrogens (tertiary/aromatic N) is 2. The normalized spacial score (nSPS) is 10.8. The minimum atomic E-state index is 0.0686. The fourth-order valence-electron chi connectivity index (χ4n) is 2.97. The van der Waals surface area contributed by atoms with Crippen LogP contribution in [0.1, 0.15) is 23.7 Å². The van der Waals surface area contributed by atoms with Gasteiger partial charge in [-0.25, -0.2) is 4.98 Å². The average Bonchev–Trinajstić information content (AvgIpc) is 3.20. The van der Waals surface area contributed by atoms with E-state index in [2.05, 4.69) is 36.2 Å². The molecule has 1 heterocycles. The number of methoxy groups -OCH3 is 1. The van der Waals surface area contributed by atoms with Gasteiger partial charge in [-0.05, 0) is 17.5 Å². The molecule has 0 spiro atoms. The van der Waals surface area contributed by atoms with Gasteiger partial charge in [0.25, 0.3) is 0 Å². The third-order valence-electron chi connectivity index (χ3n) is 4.63. The quantitative estimate of drug-likeness (QED) is 0.533. The van der Waals surface area contributed by atoms with Crippen molar-refractivity contribution in [1.82, 2.24) is 9.88 Å². The first kappa shape index (κ1) is 20.2. The van der Waals surface area contributed by atoms with Crippen LogP contribution in [0.3, 0.4) is 0 Å². The molecule has 0 unspecified atom stereocenters. The van der Waals surface area contributed by atoms with Crippen LogP contribution in [-0.2, 0) is 28.9 Å². The van der Waals surface area contributed by atoms with E-state index in [1.54, 1.807) is 18.4 Å². The highest BCUT2D eigenvalue weighted by Gasteiger charge is 2.16. The standard InChI is InChI=1S/C23H26N2O2S/c1-3-18-9-11-20(12-10-18)23-24-21(17-28-23)15-22(26)25(13-14-27-2)16-19-7-5-4-6-8-19/h4-12,17H,3,13-16H2,1-2H3. The van der Waals surface area contributed by atoms with Crippen LogP contribution in [0.4, 0.5) is 0 Å². The van der Waals surface area contributed by atoms with Gasteiger partial charge in [0.05, 0.1) is 18.7 Å². The van der Waals surface area contributed by atoms with Crippen molar-refractivity contribution in [3.8, 4) is 10.6 Å². The van der Waals surface area contributed by atoms with Crippen LogP contribution in [0.5, 0.6) is 0 Å². The molecule has 0 aliphatic carbocycles. The fraction of sp³-hybridized carbons (Fsp3) is 0.304. The smallest absolute Gasteiger partial charge is 0.228 e. The molecular formula is C23H26N2O2S. The number of ether oxygens (including phenoxy) is 1. The van der Waals surface area contributed by atoms with Gasteiger partial charge in [0.1, 0.15) is 5.01 Å². The second kappa shape index (κ2) is 10.2. The SMILES string of the molecule is CCc1ccc(-c2nc(CC(=O)N(CCOC)Cc3ccccc3)cs2)cc1. The van der Waals surface area contributed by atoms with Gasteiger partial charge in [-0.15, -0.1) is 11.3 Å². The first-order valence-electron chi connectivity index (χ1n) is 9.54. The Morgan fingerprint density at radius 1 is 1.07 bits per heavy atom. The molecular weight excluding hydrogens is 368 g/mol. The summed E-state index contributed by atoms with van der Waals surface area (Å²) in [5.41, 5.74) is 4.34. The summed E-state index contributed by atoms with van der Waals surface area (Å²) in [7, 11) is 1.65. The minimum Gasteiger partial charge on any atom is -0.383 e. The Kier molecular flexibility index (Phi) is 7.34. The predicted molar refractivity (Wildman–Crippen MR) is 114 cm³/mol. The Morgan fingerprint density at radius 3 is 2.50 bits per heavy atom. The molecule has 1 aromatic heterocycles. The Morgan fingerprint density at radius 2 is 1.82 bits per heavy atom. The van der Waals surface area contributed by atoms with Gasteiger partial charge in [-0.1, -0.05) is 61.5 Å². The molecule has 3 aromatic rings. The van der Waals surface area contributed by atoms with Gasteiger partial charge in [-0.2, -0.15) is 0 Å². The van der Waals surface area contributed by atoms with Gasteiger partial charge in [0, 0.05) is 31.1 Å². The summed E-state index contributed by atoms with van der Waals surface area (Å²) in [6.45, 7) is 3.82. The number of amides is 1. The highest BCUT2D eigenvalue weighted by Crippen LogP contribution is 2.24. The van der Waals surface area contributed by atoms with Gasteiger partial charge in [0.15, 0.2) is 0 Å². The molecule has 4 nitrogen and oxygen atoms in total. The maximum atomic E-state index is 12.9. The molecule has 146 valence electrons. The minimum absolute atomic E-state index is 0.0686. The Bertz CT molecular complexity index is 875. The van der Waals surface area contributed by atoms with Crippen molar-refractivity contribution in [2.24, 2.45) is 0 Å². The van der Waals surface area contributed by atoms with Gasteiger partial charge in [-0.3, -0.25) is 4.79 Å². The summed E-state index contributed by atoms with van der Waals surface area (Å²) in [6.07, 6.45) is 1.33. The van der Waals surface area contributed by atoms with Crippen molar-refractivity contribution in [2.75, 3.05) is 20.3 Å². The molecule has 0 N–H and O–H groups in total. The van der Waals surface area contributed by atoms with Crippen LogP contribution < -0.4 is 0 Å². The van der Waals surface area contributed by atoms with Crippen molar-refractivity contribution < 1.29 is 9.53 Å². The maximum Gasteiger partial charge on any atom is 0.228 e. The number of carbonyl (C=O) groups is 1. The lowest BCUT2D eigenvalue weighted by Crippen LogP contribution is -2.34. The van der Waals surface area contributed by atoms with Crippen LogP contribution in [0.2, 0.25) is 0 Å². The molecule has 0 radical (unpaired) electrons.